The molecule has 2 aromatic rings. The Kier molecular flexibility index (Phi) is 5.85. The summed E-state index contributed by atoms with van der Waals surface area (Å²) in [6, 6.07) is 15.6. The molecule has 0 bridgehead atoms. The predicted molar refractivity (Wildman–Crippen MR) is 101 cm³/mol. The number of benzene rings is 2. The molecule has 0 aromatic heterocycles. The lowest BCUT2D eigenvalue weighted by Crippen LogP contribution is -2.48. The van der Waals surface area contributed by atoms with Crippen LogP contribution in [0.15, 0.2) is 54.6 Å². The second-order valence-corrected chi connectivity index (χ2v) is 8.07. The van der Waals surface area contributed by atoms with Gasteiger partial charge in [0.1, 0.15) is 6.04 Å². The molecule has 0 unspecified atom stereocenters. The number of carbonyl (C=O) groups is 1. The molecule has 0 aliphatic carbocycles. The summed E-state index contributed by atoms with van der Waals surface area (Å²) in [7, 11) is -3.61. The van der Waals surface area contributed by atoms with Crippen LogP contribution in [0.3, 0.4) is 0 Å². The fourth-order valence-electron chi connectivity index (χ4n) is 2.73. The molecule has 0 saturated carbocycles. The van der Waals surface area contributed by atoms with Gasteiger partial charge in [-0.25, -0.2) is 8.42 Å². The van der Waals surface area contributed by atoms with E-state index < -0.39 is 16.1 Å². The Morgan fingerprint density at radius 3 is 2.24 bits per heavy atom. The summed E-state index contributed by atoms with van der Waals surface area (Å²) in [5, 5.41) is 2.89. The summed E-state index contributed by atoms with van der Waals surface area (Å²) in [4.78, 5) is 12.7. The van der Waals surface area contributed by atoms with Gasteiger partial charge in [0.15, 0.2) is 0 Å². The Balaban J connectivity index is 2.24. The molecule has 0 radical (unpaired) electrons. The number of amides is 1. The molecule has 2 atom stereocenters. The first-order valence-corrected chi connectivity index (χ1v) is 9.96. The topological polar surface area (TPSA) is 66.5 Å². The highest BCUT2D eigenvalue weighted by molar-refractivity contribution is 7.92. The van der Waals surface area contributed by atoms with Gasteiger partial charge in [0, 0.05) is 0 Å². The maximum atomic E-state index is 12.7. The Morgan fingerprint density at radius 1 is 1.04 bits per heavy atom. The summed E-state index contributed by atoms with van der Waals surface area (Å²) in [5.74, 6) is -0.344. The Labute approximate surface area is 149 Å². The molecule has 0 fully saturated rings. The molecule has 0 aliphatic rings. The van der Waals surface area contributed by atoms with Gasteiger partial charge in [0.25, 0.3) is 0 Å². The van der Waals surface area contributed by atoms with Crippen LogP contribution in [0, 0.1) is 6.92 Å². The second kappa shape index (κ2) is 7.70. The number of nitrogens with zero attached hydrogens (tertiary/aromatic N) is 1. The fraction of sp³-hybridized carbons (Fsp3) is 0.316. The quantitative estimate of drug-likeness (QED) is 0.861. The molecule has 134 valence electrons. The maximum Gasteiger partial charge on any atom is 0.244 e. The summed E-state index contributed by atoms with van der Waals surface area (Å²) in [6.45, 7) is 5.35. The van der Waals surface area contributed by atoms with E-state index in [0.29, 0.717) is 5.69 Å². The lowest BCUT2D eigenvalue weighted by Gasteiger charge is -2.29. The van der Waals surface area contributed by atoms with Crippen molar-refractivity contribution in [2.24, 2.45) is 0 Å². The van der Waals surface area contributed by atoms with Gasteiger partial charge in [-0.1, -0.05) is 42.5 Å². The lowest BCUT2D eigenvalue weighted by molar-refractivity contribution is -0.122. The van der Waals surface area contributed by atoms with E-state index >= 15 is 0 Å². The van der Waals surface area contributed by atoms with Crippen LogP contribution in [0.5, 0.6) is 0 Å². The number of anilines is 1. The summed E-state index contributed by atoms with van der Waals surface area (Å²) < 4.78 is 25.7. The van der Waals surface area contributed by atoms with Gasteiger partial charge in [-0.15, -0.1) is 0 Å². The van der Waals surface area contributed by atoms with Gasteiger partial charge in [-0.2, -0.15) is 0 Å². The summed E-state index contributed by atoms with van der Waals surface area (Å²) >= 11 is 0. The van der Waals surface area contributed by atoms with Gasteiger partial charge in [-0.3, -0.25) is 9.10 Å². The molecule has 2 rings (SSSR count). The predicted octanol–water partition coefficient (Wildman–Crippen LogP) is 3.03. The van der Waals surface area contributed by atoms with Gasteiger partial charge in [0.05, 0.1) is 18.0 Å². The number of carbonyl (C=O) groups excluding carboxylic acids is 1. The summed E-state index contributed by atoms with van der Waals surface area (Å²) in [6.07, 6.45) is 1.11. The van der Waals surface area contributed by atoms with E-state index in [4.69, 9.17) is 0 Å². The zero-order chi connectivity index (χ0) is 18.6. The van der Waals surface area contributed by atoms with E-state index in [0.717, 1.165) is 21.7 Å². The molecule has 0 heterocycles. The fourth-order valence-corrected chi connectivity index (χ4v) is 3.90. The number of hydrogen-bond acceptors (Lipinski definition) is 3. The minimum Gasteiger partial charge on any atom is -0.348 e. The van der Waals surface area contributed by atoms with Crippen molar-refractivity contribution in [3.63, 3.8) is 0 Å². The Morgan fingerprint density at radius 2 is 1.68 bits per heavy atom. The smallest absolute Gasteiger partial charge is 0.244 e. The van der Waals surface area contributed by atoms with Crippen LogP contribution < -0.4 is 9.62 Å². The highest BCUT2D eigenvalue weighted by Crippen LogP contribution is 2.22. The first-order valence-electron chi connectivity index (χ1n) is 8.11. The molecule has 0 spiro atoms. The molecule has 0 aliphatic heterocycles. The van der Waals surface area contributed by atoms with Crippen molar-refractivity contribution in [1.82, 2.24) is 5.32 Å². The third kappa shape index (κ3) is 4.82. The molecule has 5 nitrogen and oxygen atoms in total. The molecule has 0 saturated heterocycles. The normalized spacial score (nSPS) is 13.8. The van der Waals surface area contributed by atoms with Crippen LogP contribution in [0.1, 0.15) is 31.0 Å². The van der Waals surface area contributed by atoms with E-state index in [9.17, 15) is 13.2 Å². The lowest BCUT2D eigenvalue weighted by atomic mass is 10.1. The molecule has 25 heavy (non-hydrogen) atoms. The number of sulfonamides is 1. The van der Waals surface area contributed by atoms with E-state index in [2.05, 4.69) is 5.32 Å². The van der Waals surface area contributed by atoms with Crippen molar-refractivity contribution in [2.75, 3.05) is 10.6 Å². The van der Waals surface area contributed by atoms with Crippen molar-refractivity contribution in [1.29, 1.82) is 0 Å². The van der Waals surface area contributed by atoms with Crippen LogP contribution >= 0.6 is 0 Å². The standard InChI is InChI=1S/C19H24N2O3S/c1-14-9-8-12-18(13-14)21(25(4,23)24)16(3)19(22)20-15(2)17-10-6-5-7-11-17/h5-13,15-16H,1-4H3,(H,20,22)/t15-,16+/m0/s1. The van der Waals surface area contributed by atoms with Crippen molar-refractivity contribution in [3.05, 3.63) is 65.7 Å². The van der Waals surface area contributed by atoms with Crippen LogP contribution in [-0.2, 0) is 14.8 Å². The third-order valence-electron chi connectivity index (χ3n) is 4.00. The zero-order valence-corrected chi connectivity index (χ0v) is 15.7. The van der Waals surface area contributed by atoms with E-state index in [1.54, 1.807) is 25.1 Å². The SMILES string of the molecule is Cc1cccc(N([C@H](C)C(=O)N[C@@H](C)c2ccccc2)S(C)(=O)=O)c1. The highest BCUT2D eigenvalue weighted by atomic mass is 32.2. The van der Waals surface area contributed by atoms with Crippen LogP contribution in [0.25, 0.3) is 0 Å². The molecular weight excluding hydrogens is 336 g/mol. The van der Waals surface area contributed by atoms with Gasteiger partial charge < -0.3 is 5.32 Å². The van der Waals surface area contributed by atoms with Crippen LogP contribution in [0.2, 0.25) is 0 Å². The molecular formula is C19H24N2O3S. The second-order valence-electron chi connectivity index (χ2n) is 6.21. The van der Waals surface area contributed by atoms with Gasteiger partial charge >= 0.3 is 0 Å². The largest absolute Gasteiger partial charge is 0.348 e. The molecule has 6 heteroatoms. The van der Waals surface area contributed by atoms with Crippen molar-refractivity contribution < 1.29 is 13.2 Å². The maximum absolute atomic E-state index is 12.7. The zero-order valence-electron chi connectivity index (χ0n) is 14.9. The Bertz CT molecular complexity index is 835. The van der Waals surface area contributed by atoms with Crippen LogP contribution in [0.4, 0.5) is 5.69 Å². The number of nitrogens with one attached hydrogen (secondary N) is 1. The number of aryl methyl sites for hydroxylation is 1. The first-order chi connectivity index (χ1) is 11.7. The van der Waals surface area contributed by atoms with Gasteiger partial charge in [-0.05, 0) is 44.0 Å². The first kappa shape index (κ1) is 19.0. The molecule has 2 aromatic carbocycles. The number of hydrogen-bond donors (Lipinski definition) is 1. The molecule has 1 N–H and O–H groups in total. The van der Waals surface area contributed by atoms with Crippen LogP contribution in [-0.4, -0.2) is 26.6 Å². The average Bonchev–Trinajstić information content (AvgIpc) is 2.54. The van der Waals surface area contributed by atoms with E-state index in [-0.39, 0.29) is 11.9 Å². The van der Waals surface area contributed by atoms with Crippen molar-refractivity contribution >= 4 is 21.6 Å². The molecule has 1 amide bonds. The Hall–Kier alpha value is -2.34. The number of rotatable bonds is 6. The average molecular weight is 360 g/mol. The monoisotopic (exact) mass is 360 g/mol. The summed E-state index contributed by atoms with van der Waals surface area (Å²) in [5.41, 5.74) is 2.37. The van der Waals surface area contributed by atoms with Gasteiger partial charge in [0.2, 0.25) is 15.9 Å². The minimum absolute atomic E-state index is 0.213. The minimum atomic E-state index is -3.61. The van der Waals surface area contributed by atoms with E-state index in [1.807, 2.05) is 50.2 Å². The highest BCUT2D eigenvalue weighted by Gasteiger charge is 2.29. The third-order valence-corrected chi connectivity index (χ3v) is 5.24. The van der Waals surface area contributed by atoms with Crippen molar-refractivity contribution in [2.45, 2.75) is 32.9 Å². The van der Waals surface area contributed by atoms with E-state index in [1.165, 1.54) is 0 Å². The van der Waals surface area contributed by atoms with Crippen molar-refractivity contribution in [3.8, 4) is 0 Å².